The van der Waals surface area contributed by atoms with Gasteiger partial charge in [-0.2, -0.15) is 0 Å². The molecule has 0 aliphatic carbocycles. The predicted octanol–water partition coefficient (Wildman–Crippen LogP) is 2.26. The van der Waals surface area contributed by atoms with E-state index < -0.39 is 0 Å². The number of para-hydroxylation sites is 1. The smallest absolute Gasteiger partial charge is 0.134 e. The van der Waals surface area contributed by atoms with Gasteiger partial charge in [-0.1, -0.05) is 25.1 Å². The lowest BCUT2D eigenvalue weighted by Crippen LogP contribution is -2.46. The molecule has 1 aromatic rings. The summed E-state index contributed by atoms with van der Waals surface area (Å²) in [6.45, 7) is 2.70. The number of hydrogen-bond acceptors (Lipinski definition) is 3. The molecule has 1 aliphatic heterocycles. The summed E-state index contributed by atoms with van der Waals surface area (Å²) >= 11 is 0. The van der Waals surface area contributed by atoms with Crippen molar-refractivity contribution < 1.29 is 9.47 Å². The summed E-state index contributed by atoms with van der Waals surface area (Å²) in [5.74, 6) is 0.903. The molecule has 0 radical (unpaired) electrons. The molecule has 0 saturated carbocycles. The van der Waals surface area contributed by atoms with Gasteiger partial charge in [-0.15, -0.1) is 0 Å². The molecule has 88 valence electrons. The quantitative estimate of drug-likeness (QED) is 0.851. The SMILES string of the molecule is CCC1(COC)C[C@@H](N)c2ccccc2O1. The second kappa shape index (κ2) is 4.44. The first kappa shape index (κ1) is 11.4. The number of ether oxygens (including phenoxy) is 2. The molecule has 0 aromatic heterocycles. The van der Waals surface area contributed by atoms with Gasteiger partial charge in [0.15, 0.2) is 0 Å². The number of methoxy groups -OCH3 is 1. The molecule has 3 nitrogen and oxygen atoms in total. The van der Waals surface area contributed by atoms with E-state index in [1.807, 2.05) is 24.3 Å². The van der Waals surface area contributed by atoms with Crippen molar-refractivity contribution in [2.75, 3.05) is 13.7 Å². The van der Waals surface area contributed by atoms with Crippen molar-refractivity contribution in [1.29, 1.82) is 0 Å². The largest absolute Gasteiger partial charge is 0.484 e. The highest BCUT2D eigenvalue weighted by molar-refractivity contribution is 5.38. The fourth-order valence-electron chi connectivity index (χ4n) is 2.34. The Morgan fingerprint density at radius 1 is 1.50 bits per heavy atom. The Labute approximate surface area is 96.5 Å². The van der Waals surface area contributed by atoms with Crippen molar-refractivity contribution in [3.05, 3.63) is 29.8 Å². The second-order valence-corrected chi connectivity index (χ2v) is 4.42. The van der Waals surface area contributed by atoms with Gasteiger partial charge in [0.05, 0.1) is 6.61 Å². The van der Waals surface area contributed by atoms with Gasteiger partial charge in [-0.05, 0) is 12.5 Å². The molecular weight excluding hydrogens is 202 g/mol. The molecule has 0 spiro atoms. The first-order chi connectivity index (χ1) is 7.71. The Morgan fingerprint density at radius 2 is 2.25 bits per heavy atom. The fraction of sp³-hybridized carbons (Fsp3) is 0.538. The number of benzene rings is 1. The average molecular weight is 221 g/mol. The minimum atomic E-state index is -0.261. The van der Waals surface area contributed by atoms with Gasteiger partial charge in [-0.3, -0.25) is 0 Å². The molecular formula is C13H19NO2. The molecule has 0 bridgehead atoms. The van der Waals surface area contributed by atoms with Crippen molar-refractivity contribution >= 4 is 0 Å². The standard InChI is InChI=1S/C13H19NO2/c1-3-13(9-15-2)8-11(14)10-6-4-5-7-12(10)16-13/h4-7,11H,3,8-9,14H2,1-2H3/t11-,13?/m1/s1. The van der Waals surface area contributed by atoms with Crippen molar-refractivity contribution in [2.24, 2.45) is 5.73 Å². The molecule has 2 atom stereocenters. The maximum absolute atomic E-state index is 6.19. The molecule has 2 N–H and O–H groups in total. The van der Waals surface area contributed by atoms with E-state index in [9.17, 15) is 0 Å². The molecule has 2 rings (SSSR count). The Morgan fingerprint density at radius 3 is 2.94 bits per heavy atom. The third kappa shape index (κ3) is 1.93. The summed E-state index contributed by atoms with van der Waals surface area (Å²) in [6.07, 6.45) is 1.72. The lowest BCUT2D eigenvalue weighted by molar-refractivity contribution is -0.0337. The minimum Gasteiger partial charge on any atom is -0.484 e. The van der Waals surface area contributed by atoms with Gasteiger partial charge < -0.3 is 15.2 Å². The van der Waals surface area contributed by atoms with Gasteiger partial charge in [0.25, 0.3) is 0 Å². The van der Waals surface area contributed by atoms with Crippen LogP contribution in [-0.4, -0.2) is 19.3 Å². The number of hydrogen-bond donors (Lipinski definition) is 1. The van der Waals surface area contributed by atoms with Crippen LogP contribution in [0.5, 0.6) is 5.75 Å². The maximum atomic E-state index is 6.19. The summed E-state index contributed by atoms with van der Waals surface area (Å²) in [5, 5.41) is 0. The third-order valence-electron chi connectivity index (χ3n) is 3.29. The molecule has 1 unspecified atom stereocenters. The average Bonchev–Trinajstić information content (AvgIpc) is 2.29. The molecule has 0 amide bonds. The van der Waals surface area contributed by atoms with Crippen molar-refractivity contribution in [2.45, 2.75) is 31.4 Å². The van der Waals surface area contributed by atoms with Gasteiger partial charge in [0.1, 0.15) is 11.4 Å². The normalized spacial score (nSPS) is 28.3. The number of rotatable bonds is 3. The van der Waals surface area contributed by atoms with Gasteiger partial charge >= 0.3 is 0 Å². The highest BCUT2D eigenvalue weighted by Crippen LogP contribution is 2.39. The van der Waals surface area contributed by atoms with E-state index in [-0.39, 0.29) is 11.6 Å². The van der Waals surface area contributed by atoms with E-state index in [0.717, 1.165) is 24.2 Å². The minimum absolute atomic E-state index is 0.0417. The van der Waals surface area contributed by atoms with E-state index in [0.29, 0.717) is 6.61 Å². The number of fused-ring (bicyclic) bond motifs is 1. The van der Waals surface area contributed by atoms with Gasteiger partial charge in [-0.25, -0.2) is 0 Å². The third-order valence-corrected chi connectivity index (χ3v) is 3.29. The first-order valence-corrected chi connectivity index (χ1v) is 5.73. The van der Waals surface area contributed by atoms with Crippen LogP contribution in [0.25, 0.3) is 0 Å². The fourth-order valence-corrected chi connectivity index (χ4v) is 2.34. The first-order valence-electron chi connectivity index (χ1n) is 5.73. The van der Waals surface area contributed by atoms with Crippen molar-refractivity contribution in [3.8, 4) is 5.75 Å². The molecule has 1 aromatic carbocycles. The van der Waals surface area contributed by atoms with Crippen LogP contribution >= 0.6 is 0 Å². The van der Waals surface area contributed by atoms with E-state index >= 15 is 0 Å². The van der Waals surface area contributed by atoms with E-state index in [1.165, 1.54) is 0 Å². The van der Waals surface area contributed by atoms with E-state index in [2.05, 4.69) is 6.92 Å². The van der Waals surface area contributed by atoms with Gasteiger partial charge in [0, 0.05) is 25.1 Å². The Bertz CT molecular complexity index is 367. The van der Waals surface area contributed by atoms with Crippen molar-refractivity contribution in [1.82, 2.24) is 0 Å². The van der Waals surface area contributed by atoms with Crippen LogP contribution in [0.3, 0.4) is 0 Å². The topological polar surface area (TPSA) is 44.5 Å². The van der Waals surface area contributed by atoms with Crippen molar-refractivity contribution in [3.63, 3.8) is 0 Å². The lowest BCUT2D eigenvalue weighted by atomic mass is 9.86. The predicted molar refractivity (Wildman–Crippen MR) is 63.5 cm³/mol. The highest BCUT2D eigenvalue weighted by Gasteiger charge is 2.38. The molecule has 3 heteroatoms. The Balaban J connectivity index is 2.32. The zero-order valence-corrected chi connectivity index (χ0v) is 9.90. The summed E-state index contributed by atoms with van der Waals surface area (Å²) < 4.78 is 11.3. The van der Waals surface area contributed by atoms with Gasteiger partial charge in [0.2, 0.25) is 0 Å². The van der Waals surface area contributed by atoms with Crippen LogP contribution in [0.4, 0.5) is 0 Å². The van der Waals surface area contributed by atoms with Crippen LogP contribution in [0.1, 0.15) is 31.4 Å². The van der Waals surface area contributed by atoms with Crippen LogP contribution in [0.15, 0.2) is 24.3 Å². The summed E-state index contributed by atoms with van der Waals surface area (Å²) in [6, 6.07) is 8.03. The van der Waals surface area contributed by atoms with E-state index in [1.54, 1.807) is 7.11 Å². The summed E-state index contributed by atoms with van der Waals surface area (Å²) in [5.41, 5.74) is 7.03. The van der Waals surface area contributed by atoms with Crippen LogP contribution in [0.2, 0.25) is 0 Å². The highest BCUT2D eigenvalue weighted by atomic mass is 16.5. The van der Waals surface area contributed by atoms with Crippen LogP contribution < -0.4 is 10.5 Å². The Hall–Kier alpha value is -1.06. The van der Waals surface area contributed by atoms with Crippen LogP contribution in [-0.2, 0) is 4.74 Å². The monoisotopic (exact) mass is 221 g/mol. The number of nitrogens with two attached hydrogens (primary N) is 1. The summed E-state index contributed by atoms with van der Waals surface area (Å²) in [7, 11) is 1.70. The zero-order valence-electron chi connectivity index (χ0n) is 9.90. The summed E-state index contributed by atoms with van der Waals surface area (Å²) in [4.78, 5) is 0. The van der Waals surface area contributed by atoms with E-state index in [4.69, 9.17) is 15.2 Å². The second-order valence-electron chi connectivity index (χ2n) is 4.42. The molecule has 0 fully saturated rings. The molecule has 1 aliphatic rings. The molecule has 0 saturated heterocycles. The molecule has 16 heavy (non-hydrogen) atoms. The van der Waals surface area contributed by atoms with Crippen LogP contribution in [0, 0.1) is 0 Å². The maximum Gasteiger partial charge on any atom is 0.134 e. The zero-order chi connectivity index (χ0) is 11.6. The Kier molecular flexibility index (Phi) is 3.17. The lowest BCUT2D eigenvalue weighted by Gasteiger charge is -2.40. The molecule has 1 heterocycles.